The number of carbonyl (C=O) groups excluding carboxylic acids is 1. The summed E-state index contributed by atoms with van der Waals surface area (Å²) in [6.07, 6.45) is 0. The first-order valence-electron chi connectivity index (χ1n) is 5.91. The number of hydrogen-bond donors (Lipinski definition) is 1. The Balaban J connectivity index is 2.26. The number of nitrogen functional groups attached to an aromatic ring is 1. The third kappa shape index (κ3) is 1.61. The molecule has 3 rings (SSSR count). The van der Waals surface area contributed by atoms with E-state index in [-0.39, 0.29) is 0 Å². The van der Waals surface area contributed by atoms with Gasteiger partial charge in [-0.15, -0.1) is 0 Å². The Kier molecular flexibility index (Phi) is 2.54. The Hall–Kier alpha value is -2.33. The van der Waals surface area contributed by atoms with E-state index in [0.29, 0.717) is 16.8 Å². The number of esters is 1. The highest BCUT2D eigenvalue weighted by Gasteiger charge is 2.47. The minimum absolute atomic E-state index is 0.402. The topological polar surface area (TPSA) is 61.5 Å². The second-order valence-corrected chi connectivity index (χ2v) is 4.38. The fourth-order valence-corrected chi connectivity index (χ4v) is 2.39. The fraction of sp³-hybridized carbons (Fsp3) is 0.133. The number of cyclic esters (lactones) is 1. The van der Waals surface area contributed by atoms with Gasteiger partial charge in [0, 0.05) is 23.9 Å². The van der Waals surface area contributed by atoms with E-state index in [2.05, 4.69) is 0 Å². The van der Waals surface area contributed by atoms with Crippen LogP contribution in [-0.4, -0.2) is 13.1 Å². The van der Waals surface area contributed by atoms with Gasteiger partial charge in [-0.2, -0.15) is 0 Å². The van der Waals surface area contributed by atoms with Crippen molar-refractivity contribution in [1.82, 2.24) is 0 Å². The van der Waals surface area contributed by atoms with Crippen molar-refractivity contribution in [2.45, 2.75) is 5.79 Å². The zero-order valence-electron chi connectivity index (χ0n) is 10.4. The highest BCUT2D eigenvalue weighted by atomic mass is 16.7. The molecular weight excluding hydrogens is 242 g/mol. The molecule has 0 bridgehead atoms. The zero-order valence-corrected chi connectivity index (χ0v) is 10.4. The monoisotopic (exact) mass is 255 g/mol. The molecule has 0 aromatic heterocycles. The molecule has 0 fully saturated rings. The lowest BCUT2D eigenvalue weighted by molar-refractivity contribution is -0.154. The lowest BCUT2D eigenvalue weighted by Gasteiger charge is -2.27. The number of ether oxygens (including phenoxy) is 2. The summed E-state index contributed by atoms with van der Waals surface area (Å²) in [4.78, 5) is 12.0. The number of methoxy groups -OCH3 is 1. The minimum atomic E-state index is -1.21. The van der Waals surface area contributed by atoms with Gasteiger partial charge in [-0.05, 0) is 18.2 Å². The van der Waals surface area contributed by atoms with Crippen LogP contribution >= 0.6 is 0 Å². The zero-order chi connectivity index (χ0) is 13.5. The average Bonchev–Trinajstić information content (AvgIpc) is 2.73. The number of rotatable bonds is 2. The fourth-order valence-electron chi connectivity index (χ4n) is 2.39. The molecule has 4 nitrogen and oxygen atoms in total. The van der Waals surface area contributed by atoms with Crippen LogP contribution in [0.3, 0.4) is 0 Å². The molecule has 0 saturated carbocycles. The third-order valence-electron chi connectivity index (χ3n) is 3.30. The molecule has 0 radical (unpaired) electrons. The van der Waals surface area contributed by atoms with Crippen LogP contribution < -0.4 is 5.73 Å². The van der Waals surface area contributed by atoms with Gasteiger partial charge in [0.05, 0.1) is 5.56 Å². The summed E-state index contributed by atoms with van der Waals surface area (Å²) in [5.74, 6) is -1.61. The third-order valence-corrected chi connectivity index (χ3v) is 3.30. The number of carbonyl (C=O) groups is 1. The molecule has 1 unspecified atom stereocenters. The second kappa shape index (κ2) is 4.10. The van der Waals surface area contributed by atoms with Gasteiger partial charge in [0.2, 0.25) is 0 Å². The summed E-state index contributed by atoms with van der Waals surface area (Å²) >= 11 is 0. The Bertz CT molecular complexity index is 639. The maximum atomic E-state index is 12.0. The Morgan fingerprint density at radius 1 is 1.16 bits per heavy atom. The number of hydrogen-bond acceptors (Lipinski definition) is 4. The lowest BCUT2D eigenvalue weighted by atomic mass is 9.95. The average molecular weight is 255 g/mol. The Labute approximate surface area is 110 Å². The molecule has 1 aliphatic heterocycles. The van der Waals surface area contributed by atoms with Crippen molar-refractivity contribution < 1.29 is 14.3 Å². The number of nitrogens with two attached hydrogens (primary N) is 1. The van der Waals surface area contributed by atoms with Gasteiger partial charge in [0.1, 0.15) is 0 Å². The summed E-state index contributed by atoms with van der Waals surface area (Å²) in [7, 11) is 1.51. The van der Waals surface area contributed by atoms with Crippen molar-refractivity contribution in [2.75, 3.05) is 12.8 Å². The molecule has 1 atom stereocenters. The van der Waals surface area contributed by atoms with E-state index in [9.17, 15) is 4.79 Å². The van der Waals surface area contributed by atoms with Gasteiger partial charge >= 0.3 is 5.97 Å². The maximum Gasteiger partial charge on any atom is 0.341 e. The maximum absolute atomic E-state index is 12.0. The van der Waals surface area contributed by atoms with Gasteiger partial charge in [-0.1, -0.05) is 30.3 Å². The van der Waals surface area contributed by atoms with Gasteiger partial charge < -0.3 is 15.2 Å². The summed E-state index contributed by atoms with van der Waals surface area (Å²) < 4.78 is 11.0. The van der Waals surface area contributed by atoms with E-state index >= 15 is 0 Å². The van der Waals surface area contributed by atoms with E-state index < -0.39 is 11.8 Å². The van der Waals surface area contributed by atoms with E-state index in [4.69, 9.17) is 15.2 Å². The van der Waals surface area contributed by atoms with Gasteiger partial charge in [0.15, 0.2) is 0 Å². The van der Waals surface area contributed by atoms with Crippen molar-refractivity contribution >= 4 is 11.7 Å². The van der Waals surface area contributed by atoms with E-state index in [0.717, 1.165) is 5.56 Å². The van der Waals surface area contributed by atoms with Crippen molar-refractivity contribution in [2.24, 2.45) is 0 Å². The quantitative estimate of drug-likeness (QED) is 0.660. The first kappa shape index (κ1) is 11.7. The van der Waals surface area contributed by atoms with Crippen LogP contribution in [-0.2, 0) is 15.3 Å². The minimum Gasteiger partial charge on any atom is -0.420 e. The van der Waals surface area contributed by atoms with Crippen LogP contribution in [0.4, 0.5) is 5.69 Å². The molecule has 2 N–H and O–H groups in total. The van der Waals surface area contributed by atoms with Crippen LogP contribution in [0.25, 0.3) is 0 Å². The normalized spacial score (nSPS) is 21.0. The molecule has 0 saturated heterocycles. The molecule has 4 heteroatoms. The molecule has 96 valence electrons. The number of anilines is 1. The Morgan fingerprint density at radius 3 is 2.58 bits per heavy atom. The van der Waals surface area contributed by atoms with E-state index in [1.807, 2.05) is 30.3 Å². The Morgan fingerprint density at radius 2 is 1.89 bits per heavy atom. The molecule has 1 aliphatic rings. The molecule has 1 heterocycles. The van der Waals surface area contributed by atoms with Crippen LogP contribution in [0, 0.1) is 0 Å². The molecule has 0 amide bonds. The molecule has 0 aliphatic carbocycles. The van der Waals surface area contributed by atoms with Gasteiger partial charge in [-0.3, -0.25) is 0 Å². The number of fused-ring (bicyclic) bond motifs is 1. The summed E-state index contributed by atoms with van der Waals surface area (Å²) in [5, 5.41) is 0. The van der Waals surface area contributed by atoms with Crippen molar-refractivity contribution in [3.8, 4) is 0 Å². The van der Waals surface area contributed by atoms with E-state index in [1.165, 1.54) is 7.11 Å². The lowest BCUT2D eigenvalue weighted by Crippen LogP contribution is -2.30. The van der Waals surface area contributed by atoms with Crippen molar-refractivity contribution in [3.63, 3.8) is 0 Å². The molecule has 2 aromatic rings. The molecule has 19 heavy (non-hydrogen) atoms. The van der Waals surface area contributed by atoms with Crippen molar-refractivity contribution in [3.05, 3.63) is 65.2 Å². The van der Waals surface area contributed by atoms with Crippen molar-refractivity contribution in [1.29, 1.82) is 0 Å². The van der Waals surface area contributed by atoms with Gasteiger partial charge in [-0.25, -0.2) is 4.79 Å². The second-order valence-electron chi connectivity index (χ2n) is 4.38. The van der Waals surface area contributed by atoms with E-state index in [1.54, 1.807) is 18.2 Å². The molecule has 2 aromatic carbocycles. The van der Waals surface area contributed by atoms with Crippen LogP contribution in [0.2, 0.25) is 0 Å². The molecular formula is C15H13NO3. The standard InChI is InChI=1S/C15H13NO3/c1-18-15(10-5-3-2-4-6-10)13-9-11(16)7-8-12(13)14(17)19-15/h2-9H,16H2,1H3. The SMILES string of the molecule is COC1(c2ccccc2)OC(=O)c2ccc(N)cc21. The number of benzene rings is 2. The predicted octanol–water partition coefficient (Wildman–Crippen LogP) is 2.29. The molecule has 0 spiro atoms. The highest BCUT2D eigenvalue weighted by Crippen LogP contribution is 2.43. The summed E-state index contributed by atoms with van der Waals surface area (Å²) in [5.41, 5.74) is 8.26. The van der Waals surface area contributed by atoms with Crippen LogP contribution in [0.5, 0.6) is 0 Å². The smallest absolute Gasteiger partial charge is 0.341 e. The van der Waals surface area contributed by atoms with Gasteiger partial charge in [0.25, 0.3) is 5.79 Å². The van der Waals surface area contributed by atoms with Crippen LogP contribution in [0.1, 0.15) is 21.5 Å². The first-order chi connectivity index (χ1) is 9.17. The van der Waals surface area contributed by atoms with Crippen LogP contribution in [0.15, 0.2) is 48.5 Å². The first-order valence-corrected chi connectivity index (χ1v) is 5.91. The predicted molar refractivity (Wildman–Crippen MR) is 70.5 cm³/mol. The highest BCUT2D eigenvalue weighted by molar-refractivity contribution is 5.95. The summed E-state index contributed by atoms with van der Waals surface area (Å²) in [6.45, 7) is 0. The largest absolute Gasteiger partial charge is 0.420 e. The summed E-state index contributed by atoms with van der Waals surface area (Å²) in [6, 6.07) is 14.4.